The molecule has 13 aromatic rings. The van der Waals surface area contributed by atoms with Gasteiger partial charge in [-0.3, -0.25) is 0 Å². The molecule has 0 saturated heterocycles. The average molecular weight is 1360 g/mol. The Morgan fingerprint density at radius 3 is 0.635 bits per heavy atom. The zero-order chi connectivity index (χ0) is 74.4. The Morgan fingerprint density at radius 1 is 0.202 bits per heavy atom. The zero-order valence-corrected chi connectivity index (χ0v) is 65.6. The van der Waals surface area contributed by atoms with E-state index in [4.69, 9.17) is 4.74 Å². The molecule has 0 fully saturated rings. The number of hydrogen-bond acceptors (Lipinski definition) is 1. The van der Waals surface area contributed by atoms with Crippen molar-refractivity contribution >= 4 is 0 Å². The molecule has 0 N–H and O–H groups in total. The van der Waals surface area contributed by atoms with Gasteiger partial charge in [-0.15, -0.1) is 0 Å². The fraction of sp³-hybridized carbons (Fsp3) is 0.243. The van der Waals surface area contributed by atoms with Crippen LogP contribution in [0.3, 0.4) is 0 Å². The molecular weight excluding hydrogens is 1250 g/mol. The average Bonchev–Trinajstić information content (AvgIpc) is 0.729. The Bertz CT molecular complexity index is 4500. The maximum Gasteiger partial charge on any atom is 0.122 e. The molecule has 0 aromatic heterocycles. The fourth-order valence-electron chi connectivity index (χ4n) is 15.4. The molecule has 13 aromatic carbocycles. The van der Waals surface area contributed by atoms with Gasteiger partial charge in [-0.05, 0) is 260 Å². The molecule has 1 heteroatoms. The van der Waals surface area contributed by atoms with Gasteiger partial charge in [0.1, 0.15) is 5.75 Å². The van der Waals surface area contributed by atoms with Gasteiger partial charge in [-0.1, -0.05) is 324 Å². The summed E-state index contributed by atoms with van der Waals surface area (Å²) < 4.78 is 5.64. The van der Waals surface area contributed by atoms with Crippen molar-refractivity contribution in [2.45, 2.75) is 159 Å². The van der Waals surface area contributed by atoms with E-state index in [-0.39, 0.29) is 11.3 Å². The van der Waals surface area contributed by atoms with Gasteiger partial charge in [0.05, 0.1) is 7.11 Å². The second-order valence-electron chi connectivity index (χ2n) is 30.8. The first-order valence-corrected chi connectivity index (χ1v) is 37.2. The lowest BCUT2D eigenvalue weighted by Crippen LogP contribution is -2.32. The molecule has 13 rings (SSSR count). The third-order valence-electron chi connectivity index (χ3n) is 23.4. The molecule has 0 aliphatic carbocycles. The molecule has 0 atom stereocenters. The number of rotatable bonds is 16. The summed E-state index contributed by atoms with van der Waals surface area (Å²) in [7, 11) is 1.75. The van der Waals surface area contributed by atoms with E-state index in [0.29, 0.717) is 0 Å². The van der Waals surface area contributed by atoms with E-state index in [9.17, 15) is 0 Å². The summed E-state index contributed by atoms with van der Waals surface area (Å²) in [6.45, 7) is 42.3. The smallest absolute Gasteiger partial charge is 0.122 e. The normalized spacial score (nSPS) is 11.7. The van der Waals surface area contributed by atoms with E-state index >= 15 is 0 Å². The Hall–Kier alpha value is -10.3. The first-order chi connectivity index (χ1) is 49.6. The minimum absolute atomic E-state index is 0.136. The third kappa shape index (κ3) is 15.5. The fourth-order valence-corrected chi connectivity index (χ4v) is 15.4. The van der Waals surface area contributed by atoms with Gasteiger partial charge in [-0.25, -0.2) is 0 Å². The summed E-state index contributed by atoms with van der Waals surface area (Å²) >= 11 is 0. The van der Waals surface area contributed by atoms with Gasteiger partial charge < -0.3 is 4.74 Å². The number of benzene rings is 13. The van der Waals surface area contributed by atoms with Crippen molar-refractivity contribution in [1.82, 2.24) is 0 Å². The minimum Gasteiger partial charge on any atom is -0.496 e. The standard InChI is InChI=1S/C54H54.C27H32O.C22H22/c1-37-10-22-43(23-11-37)52(7,44-24-12-38(2)13-25-44)49-34-50(53(8,45-26-14-39(3)15-27-45)46-28-16-40(4)17-29-46)36-51(35-49)54(9,47-30-18-41(5)19-31-47)48-32-20-42(6)21-33-48;1-16-9-10-23(15-26(16)28-8)27(24-11-17(2)21(6)18(3)12-24)25-13-19(4)22(7)20(5)14-25;1-17-9-13-20(14-10-17)22(3,19-7-5-4-6-8-19)21-15-11-18(2)12-16-21/h10-36H,1-9H3;9-15,27H,1-8H3;4-16H,1-3H3. The van der Waals surface area contributed by atoms with Crippen molar-refractivity contribution in [3.63, 3.8) is 0 Å². The Balaban J connectivity index is 0.000000179. The highest BCUT2D eigenvalue weighted by Gasteiger charge is 2.40. The number of hydrogen-bond donors (Lipinski definition) is 0. The van der Waals surface area contributed by atoms with Gasteiger partial charge in [-0.2, -0.15) is 0 Å². The van der Waals surface area contributed by atoms with Crippen LogP contribution in [-0.2, 0) is 21.7 Å². The molecule has 0 amide bonds. The van der Waals surface area contributed by atoms with Gasteiger partial charge in [0.2, 0.25) is 0 Å². The Morgan fingerprint density at radius 2 is 0.413 bits per heavy atom. The van der Waals surface area contributed by atoms with Crippen LogP contribution in [0.4, 0.5) is 0 Å². The molecule has 526 valence electrons. The maximum absolute atomic E-state index is 5.64. The molecular formula is C103H108O. The van der Waals surface area contributed by atoms with Crippen LogP contribution in [0.15, 0.2) is 285 Å². The van der Waals surface area contributed by atoms with Crippen molar-refractivity contribution < 1.29 is 4.74 Å². The van der Waals surface area contributed by atoms with E-state index in [2.05, 4.69) is 417 Å². The number of methoxy groups -OCH3 is 1. The molecule has 0 aliphatic heterocycles. The van der Waals surface area contributed by atoms with Crippen LogP contribution in [0.1, 0.15) is 201 Å². The van der Waals surface area contributed by atoms with Crippen molar-refractivity contribution in [2.75, 3.05) is 7.11 Å². The van der Waals surface area contributed by atoms with Crippen LogP contribution >= 0.6 is 0 Å². The van der Waals surface area contributed by atoms with Crippen molar-refractivity contribution in [2.24, 2.45) is 0 Å². The van der Waals surface area contributed by atoms with Crippen LogP contribution in [-0.4, -0.2) is 7.11 Å². The highest BCUT2D eigenvalue weighted by molar-refractivity contribution is 5.62. The molecule has 0 unspecified atom stereocenters. The lowest BCUT2D eigenvalue weighted by molar-refractivity contribution is 0.411. The minimum atomic E-state index is -0.449. The predicted molar refractivity (Wildman–Crippen MR) is 445 cm³/mol. The van der Waals surface area contributed by atoms with Gasteiger partial charge in [0.25, 0.3) is 0 Å². The monoisotopic (exact) mass is 1360 g/mol. The van der Waals surface area contributed by atoms with Crippen LogP contribution in [0.5, 0.6) is 5.75 Å². The predicted octanol–water partition coefficient (Wildman–Crippen LogP) is 26.3. The molecule has 0 heterocycles. The van der Waals surface area contributed by atoms with Crippen molar-refractivity contribution in [3.8, 4) is 5.75 Å². The zero-order valence-electron chi connectivity index (χ0n) is 65.6. The summed E-state index contributed by atoms with van der Waals surface area (Å²) in [6.07, 6.45) is 0. The summed E-state index contributed by atoms with van der Waals surface area (Å²) in [4.78, 5) is 0. The third-order valence-corrected chi connectivity index (χ3v) is 23.4. The summed E-state index contributed by atoms with van der Waals surface area (Å²) in [5, 5.41) is 0. The molecule has 0 radical (unpaired) electrons. The van der Waals surface area contributed by atoms with E-state index in [1.54, 1.807) is 7.11 Å². The largest absolute Gasteiger partial charge is 0.496 e. The highest BCUT2D eigenvalue weighted by atomic mass is 16.5. The lowest BCUT2D eigenvalue weighted by Gasteiger charge is -2.39. The summed E-state index contributed by atoms with van der Waals surface area (Å²) in [6, 6.07) is 107. The summed E-state index contributed by atoms with van der Waals surface area (Å²) in [5.74, 6) is 1.13. The molecule has 0 spiro atoms. The first-order valence-electron chi connectivity index (χ1n) is 37.2. The van der Waals surface area contributed by atoms with Crippen molar-refractivity contribution in [3.05, 3.63) is 452 Å². The Kier molecular flexibility index (Phi) is 22.5. The molecule has 0 aliphatic rings. The van der Waals surface area contributed by atoms with Crippen LogP contribution < -0.4 is 4.74 Å². The highest BCUT2D eigenvalue weighted by Crippen LogP contribution is 2.49. The quantitative estimate of drug-likeness (QED) is 0.0876. The van der Waals surface area contributed by atoms with Crippen molar-refractivity contribution in [1.29, 1.82) is 0 Å². The van der Waals surface area contributed by atoms with E-state index < -0.39 is 16.2 Å². The summed E-state index contributed by atoms with van der Waals surface area (Å²) in [5.41, 5.74) is 37.4. The van der Waals surface area contributed by atoms with Crippen LogP contribution in [0.2, 0.25) is 0 Å². The van der Waals surface area contributed by atoms with Crippen LogP contribution in [0, 0.1) is 104 Å². The number of ether oxygens (including phenoxy) is 1. The molecule has 0 saturated carbocycles. The molecule has 104 heavy (non-hydrogen) atoms. The molecule has 1 nitrogen and oxygen atoms in total. The van der Waals surface area contributed by atoms with E-state index in [1.807, 2.05) is 0 Å². The second kappa shape index (κ2) is 31.3. The molecule has 0 bridgehead atoms. The maximum atomic E-state index is 5.64. The van der Waals surface area contributed by atoms with E-state index in [1.165, 1.54) is 161 Å². The van der Waals surface area contributed by atoms with Gasteiger partial charge in [0.15, 0.2) is 0 Å². The number of aryl methyl sites for hydroxylation is 13. The SMILES string of the molecule is COc1cc(C(c2cc(C)c(C)c(C)c2)c2cc(C)c(C)c(C)c2)ccc1C.Cc1ccc(C(C)(c2ccc(C)cc2)c2cc(C(C)(c3ccc(C)cc3)c3ccc(C)cc3)cc(C(C)(c3ccc(C)cc3)c3ccc(C)cc3)c2)cc1.Cc1ccc(C(C)(c2ccccc2)c2ccc(C)cc2)cc1. The van der Waals surface area contributed by atoms with Gasteiger partial charge >= 0.3 is 0 Å². The Labute approximate surface area is 624 Å². The van der Waals surface area contributed by atoms with E-state index in [0.717, 1.165) is 11.3 Å². The van der Waals surface area contributed by atoms with Gasteiger partial charge in [0, 0.05) is 27.6 Å². The second-order valence-corrected chi connectivity index (χ2v) is 30.8. The first kappa shape index (κ1) is 74.8. The topological polar surface area (TPSA) is 9.23 Å². The van der Waals surface area contributed by atoms with Crippen LogP contribution in [0.25, 0.3) is 0 Å². The lowest BCUT2D eigenvalue weighted by atomic mass is 9.63.